The first-order chi connectivity index (χ1) is 7.51. The SMILES string of the molecule is COc1cc(C(=O)O)cc(OC)c1C(=O)O.Cl. The van der Waals surface area contributed by atoms with E-state index in [1.54, 1.807) is 0 Å². The van der Waals surface area contributed by atoms with Gasteiger partial charge in [-0.05, 0) is 12.1 Å². The molecule has 17 heavy (non-hydrogen) atoms. The van der Waals surface area contributed by atoms with E-state index in [-0.39, 0.29) is 35.0 Å². The summed E-state index contributed by atoms with van der Waals surface area (Å²) in [7, 11) is 2.51. The van der Waals surface area contributed by atoms with Gasteiger partial charge >= 0.3 is 11.9 Å². The summed E-state index contributed by atoms with van der Waals surface area (Å²) in [6.45, 7) is 0. The molecule has 0 heterocycles. The molecule has 0 aliphatic heterocycles. The van der Waals surface area contributed by atoms with Crippen LogP contribution in [0.3, 0.4) is 0 Å². The minimum absolute atomic E-state index is 0. The Kier molecular flexibility index (Phi) is 5.27. The van der Waals surface area contributed by atoms with Crippen LogP contribution in [0.5, 0.6) is 11.5 Å². The number of aromatic carboxylic acids is 2. The van der Waals surface area contributed by atoms with Gasteiger partial charge in [-0.25, -0.2) is 9.59 Å². The summed E-state index contributed by atoms with van der Waals surface area (Å²) in [5.41, 5.74) is -0.297. The molecule has 0 saturated heterocycles. The molecule has 0 radical (unpaired) electrons. The predicted molar refractivity (Wildman–Crippen MR) is 60.7 cm³/mol. The third kappa shape index (κ3) is 3.01. The Morgan fingerprint density at radius 1 is 1.00 bits per heavy atom. The van der Waals surface area contributed by atoms with Gasteiger partial charge in [-0.1, -0.05) is 0 Å². The Labute approximate surface area is 103 Å². The molecule has 0 aromatic heterocycles. The van der Waals surface area contributed by atoms with E-state index in [0.717, 1.165) is 12.1 Å². The van der Waals surface area contributed by atoms with Crippen LogP contribution < -0.4 is 9.47 Å². The van der Waals surface area contributed by atoms with Crippen LogP contribution in [0.1, 0.15) is 20.7 Å². The van der Waals surface area contributed by atoms with Crippen molar-refractivity contribution < 1.29 is 29.3 Å². The van der Waals surface area contributed by atoms with Crippen molar-refractivity contribution >= 4 is 24.3 Å². The minimum atomic E-state index is -1.24. The molecule has 0 unspecified atom stereocenters. The number of carboxylic acids is 2. The van der Waals surface area contributed by atoms with E-state index < -0.39 is 11.9 Å². The van der Waals surface area contributed by atoms with Gasteiger partial charge in [0.05, 0.1) is 19.8 Å². The molecule has 0 aliphatic carbocycles. The largest absolute Gasteiger partial charge is 0.496 e. The lowest BCUT2D eigenvalue weighted by Gasteiger charge is -2.10. The lowest BCUT2D eigenvalue weighted by Crippen LogP contribution is -2.07. The van der Waals surface area contributed by atoms with Crippen molar-refractivity contribution in [2.45, 2.75) is 0 Å². The molecule has 0 atom stereocenters. The van der Waals surface area contributed by atoms with Gasteiger partial charge in [0, 0.05) is 0 Å². The van der Waals surface area contributed by atoms with Crippen LogP contribution in [0.4, 0.5) is 0 Å². The lowest BCUT2D eigenvalue weighted by molar-refractivity contribution is 0.0674. The number of rotatable bonds is 4. The fourth-order valence-corrected chi connectivity index (χ4v) is 1.25. The summed E-state index contributed by atoms with van der Waals surface area (Å²) in [6, 6.07) is 2.27. The number of carboxylic acid groups (broad SMARTS) is 2. The highest BCUT2D eigenvalue weighted by molar-refractivity contribution is 5.97. The summed E-state index contributed by atoms with van der Waals surface area (Å²) >= 11 is 0. The first-order valence-electron chi connectivity index (χ1n) is 4.23. The number of ether oxygens (including phenoxy) is 2. The zero-order valence-electron chi connectivity index (χ0n) is 9.09. The molecular weight excluding hydrogens is 252 g/mol. The molecular formula is C10H11ClO6. The Bertz CT molecular complexity index is 417. The highest BCUT2D eigenvalue weighted by atomic mass is 35.5. The van der Waals surface area contributed by atoms with Crippen LogP contribution in [-0.4, -0.2) is 36.4 Å². The van der Waals surface area contributed by atoms with Crippen molar-refractivity contribution in [3.63, 3.8) is 0 Å². The van der Waals surface area contributed by atoms with Crippen LogP contribution >= 0.6 is 12.4 Å². The fourth-order valence-electron chi connectivity index (χ4n) is 1.25. The third-order valence-corrected chi connectivity index (χ3v) is 1.97. The zero-order chi connectivity index (χ0) is 12.3. The Balaban J connectivity index is 0.00000256. The summed E-state index contributed by atoms with van der Waals surface area (Å²) in [5.74, 6) is -2.53. The van der Waals surface area contributed by atoms with Gasteiger partial charge in [-0.2, -0.15) is 0 Å². The van der Waals surface area contributed by atoms with Crippen LogP contribution in [0.15, 0.2) is 12.1 Å². The molecule has 7 heteroatoms. The van der Waals surface area contributed by atoms with E-state index in [1.165, 1.54) is 14.2 Å². The van der Waals surface area contributed by atoms with Gasteiger partial charge in [-0.3, -0.25) is 0 Å². The second-order valence-electron chi connectivity index (χ2n) is 2.87. The van der Waals surface area contributed by atoms with Gasteiger partial charge in [0.25, 0.3) is 0 Å². The first-order valence-corrected chi connectivity index (χ1v) is 4.23. The summed E-state index contributed by atoms with van der Waals surface area (Å²) in [6.07, 6.45) is 0. The van der Waals surface area contributed by atoms with Crippen LogP contribution in [0, 0.1) is 0 Å². The van der Waals surface area contributed by atoms with Crippen molar-refractivity contribution in [3.05, 3.63) is 23.3 Å². The van der Waals surface area contributed by atoms with E-state index in [2.05, 4.69) is 0 Å². The molecule has 6 nitrogen and oxygen atoms in total. The smallest absolute Gasteiger partial charge is 0.343 e. The summed E-state index contributed by atoms with van der Waals surface area (Å²) in [5, 5.41) is 17.7. The average Bonchev–Trinajstić information content (AvgIpc) is 2.26. The molecule has 1 aromatic rings. The maximum Gasteiger partial charge on any atom is 0.343 e. The lowest BCUT2D eigenvalue weighted by atomic mass is 10.1. The van der Waals surface area contributed by atoms with E-state index in [1.807, 2.05) is 0 Å². The van der Waals surface area contributed by atoms with Crippen LogP contribution in [0.2, 0.25) is 0 Å². The second kappa shape index (κ2) is 5.95. The van der Waals surface area contributed by atoms with Crippen molar-refractivity contribution in [1.29, 1.82) is 0 Å². The number of carbonyl (C=O) groups is 2. The fraction of sp³-hybridized carbons (Fsp3) is 0.200. The van der Waals surface area contributed by atoms with Crippen molar-refractivity contribution in [3.8, 4) is 11.5 Å². The topological polar surface area (TPSA) is 93.1 Å². The number of hydrogen-bond acceptors (Lipinski definition) is 4. The number of benzene rings is 1. The van der Waals surface area contributed by atoms with E-state index in [0.29, 0.717) is 0 Å². The number of methoxy groups -OCH3 is 2. The van der Waals surface area contributed by atoms with Crippen molar-refractivity contribution in [2.75, 3.05) is 14.2 Å². The number of halogens is 1. The van der Waals surface area contributed by atoms with E-state index >= 15 is 0 Å². The molecule has 0 amide bonds. The third-order valence-electron chi connectivity index (χ3n) is 1.97. The average molecular weight is 263 g/mol. The Morgan fingerprint density at radius 3 is 1.65 bits per heavy atom. The molecule has 0 aliphatic rings. The van der Waals surface area contributed by atoms with Crippen molar-refractivity contribution in [2.24, 2.45) is 0 Å². The normalized spacial score (nSPS) is 9.06. The molecule has 0 spiro atoms. The van der Waals surface area contributed by atoms with Gasteiger partial charge in [0.2, 0.25) is 0 Å². The Morgan fingerprint density at radius 2 is 1.41 bits per heavy atom. The molecule has 0 fully saturated rings. The highest BCUT2D eigenvalue weighted by Gasteiger charge is 2.20. The van der Waals surface area contributed by atoms with Crippen molar-refractivity contribution in [1.82, 2.24) is 0 Å². The zero-order valence-corrected chi connectivity index (χ0v) is 9.91. The van der Waals surface area contributed by atoms with Crippen LogP contribution in [-0.2, 0) is 0 Å². The maximum atomic E-state index is 10.9. The highest BCUT2D eigenvalue weighted by Crippen LogP contribution is 2.30. The van der Waals surface area contributed by atoms with E-state index in [4.69, 9.17) is 19.7 Å². The molecule has 94 valence electrons. The van der Waals surface area contributed by atoms with E-state index in [9.17, 15) is 9.59 Å². The molecule has 2 N–H and O–H groups in total. The number of hydrogen-bond donors (Lipinski definition) is 2. The van der Waals surface area contributed by atoms with Gasteiger partial charge in [0.1, 0.15) is 17.1 Å². The van der Waals surface area contributed by atoms with Crippen LogP contribution in [0.25, 0.3) is 0 Å². The first kappa shape index (κ1) is 15.0. The molecule has 0 bridgehead atoms. The molecule has 1 rings (SSSR count). The quantitative estimate of drug-likeness (QED) is 0.855. The summed E-state index contributed by atoms with van der Waals surface area (Å²) in [4.78, 5) is 21.7. The minimum Gasteiger partial charge on any atom is -0.496 e. The van der Waals surface area contributed by atoms with Gasteiger partial charge in [0.15, 0.2) is 0 Å². The standard InChI is InChI=1S/C10H10O6.ClH/c1-15-6-3-5(9(11)12)4-7(16-2)8(6)10(13)14;/h3-4H,1-2H3,(H,11,12)(H,13,14);1H. The molecule has 1 aromatic carbocycles. The predicted octanol–water partition coefficient (Wildman–Crippen LogP) is 1.52. The monoisotopic (exact) mass is 262 g/mol. The molecule has 0 saturated carbocycles. The maximum absolute atomic E-state index is 10.9. The Hall–Kier alpha value is -1.95. The summed E-state index contributed by atoms with van der Waals surface area (Å²) < 4.78 is 9.63. The second-order valence-corrected chi connectivity index (χ2v) is 2.87. The van der Waals surface area contributed by atoms with Gasteiger partial charge in [-0.15, -0.1) is 12.4 Å². The van der Waals surface area contributed by atoms with Gasteiger partial charge < -0.3 is 19.7 Å².